The smallest absolute Gasteiger partial charge is 0.247 e. The number of fused-ring (bicyclic) bond motifs is 1. The van der Waals surface area contributed by atoms with Crippen LogP contribution in [0.25, 0.3) is 11.5 Å². The molecule has 3 heterocycles. The van der Waals surface area contributed by atoms with E-state index in [1.807, 2.05) is 61.2 Å². The third kappa shape index (κ3) is 5.69. The first kappa shape index (κ1) is 25.0. The van der Waals surface area contributed by atoms with E-state index in [9.17, 15) is 4.79 Å². The Balaban J connectivity index is 1.32. The summed E-state index contributed by atoms with van der Waals surface area (Å²) in [6, 6.07) is 18.4. The van der Waals surface area contributed by atoms with Crippen molar-refractivity contribution in [2.24, 2.45) is 4.99 Å². The van der Waals surface area contributed by atoms with Crippen molar-refractivity contribution >= 4 is 35.3 Å². The van der Waals surface area contributed by atoms with Gasteiger partial charge in [0.2, 0.25) is 5.91 Å². The summed E-state index contributed by atoms with van der Waals surface area (Å²) in [4.78, 5) is 27.2. The normalized spacial score (nSPS) is 15.4. The minimum atomic E-state index is -0.408. The van der Waals surface area contributed by atoms with Gasteiger partial charge in [0.25, 0.3) is 0 Å². The first-order valence-electron chi connectivity index (χ1n) is 12.8. The fraction of sp³-hybridized carbons (Fsp3) is 0.310. The predicted molar refractivity (Wildman–Crippen MR) is 152 cm³/mol. The Morgan fingerprint density at radius 3 is 2.59 bits per heavy atom. The average Bonchev–Trinajstić information content (AvgIpc) is 3.31. The molecule has 1 amide bonds. The summed E-state index contributed by atoms with van der Waals surface area (Å²) in [7, 11) is 0. The molecular weight excluding hydrogens is 480 g/mol. The van der Waals surface area contributed by atoms with Crippen molar-refractivity contribution in [2.45, 2.75) is 56.6 Å². The van der Waals surface area contributed by atoms with Crippen molar-refractivity contribution in [2.75, 3.05) is 17.2 Å². The molecular formula is C29H32N6OS. The summed E-state index contributed by atoms with van der Waals surface area (Å²) in [5.74, 6) is 1.46. The van der Waals surface area contributed by atoms with Gasteiger partial charge in [0.1, 0.15) is 11.7 Å². The number of hydrogen-bond donors (Lipinski definition) is 2. The number of carbonyl (C=O) groups is 1. The van der Waals surface area contributed by atoms with Crippen LogP contribution in [0.2, 0.25) is 0 Å². The van der Waals surface area contributed by atoms with Gasteiger partial charge in [-0.05, 0) is 60.7 Å². The lowest BCUT2D eigenvalue weighted by molar-refractivity contribution is -0.119. The number of nitrogens with zero attached hydrogens (tertiary/aromatic N) is 4. The molecule has 0 spiro atoms. The van der Waals surface area contributed by atoms with Gasteiger partial charge in [-0.1, -0.05) is 55.9 Å². The fourth-order valence-electron chi connectivity index (χ4n) is 4.34. The standard InChI is InChI=1S/C29H32N6OS/c1-4-20-9-11-21(12-10-20)18-37-29-33-24-7-6-14-35(27(24)34-29)26(5-2)28(36)32-25-15-22(13-8-19(25)3)31-23-16-30-17-23/h6-16,23,26,31H,4-5,17-18H2,1-3H3,(H,32,36). The number of aryl methyl sites for hydroxylation is 2. The SMILES string of the molecule is CCc1ccc(CSc2nc3cccn(C(CC)C(=O)Nc4cc(NC5C=NC5)ccc4C)c-3n2)cc1. The second kappa shape index (κ2) is 11.2. The number of benzene rings is 2. The fourth-order valence-corrected chi connectivity index (χ4v) is 5.14. The lowest BCUT2D eigenvalue weighted by Crippen LogP contribution is -2.31. The van der Waals surface area contributed by atoms with Gasteiger partial charge in [0.05, 0.1) is 12.6 Å². The molecule has 2 aromatic rings. The third-order valence-corrected chi connectivity index (χ3v) is 7.57. The highest BCUT2D eigenvalue weighted by Crippen LogP contribution is 2.30. The Morgan fingerprint density at radius 2 is 1.89 bits per heavy atom. The number of nitrogens with one attached hydrogen (secondary N) is 2. The van der Waals surface area contributed by atoms with Crippen LogP contribution >= 0.6 is 11.8 Å². The summed E-state index contributed by atoms with van der Waals surface area (Å²) < 4.78 is 1.94. The number of anilines is 2. The van der Waals surface area contributed by atoms with E-state index in [1.54, 1.807) is 11.8 Å². The van der Waals surface area contributed by atoms with E-state index >= 15 is 0 Å². The number of hydrogen-bond acceptors (Lipinski definition) is 6. The van der Waals surface area contributed by atoms with Crippen LogP contribution in [0.3, 0.4) is 0 Å². The van der Waals surface area contributed by atoms with Crippen LogP contribution in [0.5, 0.6) is 0 Å². The minimum Gasteiger partial charge on any atom is -0.375 e. The van der Waals surface area contributed by atoms with Gasteiger partial charge in [-0.2, -0.15) is 0 Å². The number of aromatic nitrogens is 3. The van der Waals surface area contributed by atoms with Gasteiger partial charge in [0.15, 0.2) is 11.0 Å². The number of imidazole rings is 1. The molecule has 0 aliphatic carbocycles. The molecule has 3 aliphatic heterocycles. The van der Waals surface area contributed by atoms with Crippen LogP contribution in [-0.2, 0) is 17.0 Å². The quantitative estimate of drug-likeness (QED) is 0.255. The van der Waals surface area contributed by atoms with Crippen molar-refractivity contribution in [3.8, 4) is 11.5 Å². The van der Waals surface area contributed by atoms with Gasteiger partial charge in [-0.15, -0.1) is 0 Å². The topological polar surface area (TPSA) is 84.2 Å². The van der Waals surface area contributed by atoms with Gasteiger partial charge in [0, 0.05) is 29.5 Å². The molecule has 0 saturated heterocycles. The van der Waals surface area contributed by atoms with Crippen LogP contribution in [0, 0.1) is 6.92 Å². The number of aliphatic imine (C=N–C) groups is 1. The summed E-state index contributed by atoms with van der Waals surface area (Å²) in [6.07, 6.45) is 5.49. The Kier molecular flexibility index (Phi) is 7.55. The largest absolute Gasteiger partial charge is 0.375 e. The van der Waals surface area contributed by atoms with Crippen molar-refractivity contribution in [1.29, 1.82) is 0 Å². The van der Waals surface area contributed by atoms with Gasteiger partial charge < -0.3 is 15.2 Å². The molecule has 0 saturated carbocycles. The summed E-state index contributed by atoms with van der Waals surface area (Å²) in [6.45, 7) is 6.96. The highest BCUT2D eigenvalue weighted by molar-refractivity contribution is 7.98. The molecule has 190 valence electrons. The van der Waals surface area contributed by atoms with E-state index in [1.165, 1.54) is 11.1 Å². The molecule has 0 bridgehead atoms. The predicted octanol–water partition coefficient (Wildman–Crippen LogP) is 6.00. The first-order valence-corrected chi connectivity index (χ1v) is 13.8. The van der Waals surface area contributed by atoms with E-state index in [4.69, 9.17) is 9.97 Å². The number of thioether (sulfide) groups is 1. The molecule has 2 N–H and O–H groups in total. The van der Waals surface area contributed by atoms with E-state index in [2.05, 4.69) is 46.8 Å². The molecule has 8 heteroatoms. The maximum absolute atomic E-state index is 13.5. The highest BCUT2D eigenvalue weighted by atomic mass is 32.2. The summed E-state index contributed by atoms with van der Waals surface area (Å²) in [5, 5.41) is 7.30. The van der Waals surface area contributed by atoms with E-state index in [0.717, 1.165) is 52.3 Å². The number of amides is 1. The zero-order valence-corrected chi connectivity index (χ0v) is 22.3. The maximum Gasteiger partial charge on any atom is 0.247 e. The van der Waals surface area contributed by atoms with E-state index in [-0.39, 0.29) is 11.9 Å². The van der Waals surface area contributed by atoms with Crippen LogP contribution in [0.15, 0.2) is 70.9 Å². The van der Waals surface area contributed by atoms with Crippen molar-refractivity contribution in [3.05, 3.63) is 77.5 Å². The summed E-state index contributed by atoms with van der Waals surface area (Å²) in [5.41, 5.74) is 6.15. The Labute approximate surface area is 222 Å². The second-order valence-electron chi connectivity index (χ2n) is 9.30. The third-order valence-electron chi connectivity index (χ3n) is 6.65. The Hall–Kier alpha value is -3.65. The van der Waals surface area contributed by atoms with Crippen LogP contribution < -0.4 is 10.6 Å². The molecule has 2 aromatic carbocycles. The molecule has 0 aromatic heterocycles. The average molecular weight is 513 g/mol. The molecule has 37 heavy (non-hydrogen) atoms. The second-order valence-corrected chi connectivity index (χ2v) is 10.2. The van der Waals surface area contributed by atoms with Gasteiger partial charge in [-0.25, -0.2) is 9.97 Å². The van der Waals surface area contributed by atoms with E-state index < -0.39 is 6.04 Å². The zero-order valence-electron chi connectivity index (χ0n) is 21.4. The summed E-state index contributed by atoms with van der Waals surface area (Å²) >= 11 is 1.61. The molecule has 2 unspecified atom stereocenters. The first-order chi connectivity index (χ1) is 18.0. The van der Waals surface area contributed by atoms with Crippen molar-refractivity contribution in [3.63, 3.8) is 0 Å². The van der Waals surface area contributed by atoms with E-state index in [0.29, 0.717) is 6.42 Å². The molecule has 0 fully saturated rings. The van der Waals surface area contributed by atoms with Crippen LogP contribution in [0.1, 0.15) is 43.0 Å². The molecule has 0 radical (unpaired) electrons. The molecule has 3 aliphatic rings. The maximum atomic E-state index is 13.5. The molecule has 2 atom stereocenters. The van der Waals surface area contributed by atoms with Crippen molar-refractivity contribution < 1.29 is 4.79 Å². The molecule has 7 nitrogen and oxygen atoms in total. The zero-order chi connectivity index (χ0) is 25.8. The number of pyridine rings is 1. The lowest BCUT2D eigenvalue weighted by Gasteiger charge is -2.23. The Bertz CT molecular complexity index is 1380. The molecule has 5 rings (SSSR count). The number of rotatable bonds is 10. The van der Waals surface area contributed by atoms with Gasteiger partial charge in [-0.3, -0.25) is 9.79 Å². The number of carbonyl (C=O) groups excluding carboxylic acids is 1. The van der Waals surface area contributed by atoms with Crippen molar-refractivity contribution in [1.82, 2.24) is 14.5 Å². The van der Waals surface area contributed by atoms with Crippen LogP contribution in [0.4, 0.5) is 11.4 Å². The minimum absolute atomic E-state index is 0.0707. The highest BCUT2D eigenvalue weighted by Gasteiger charge is 2.24. The lowest BCUT2D eigenvalue weighted by atomic mass is 10.1. The Morgan fingerprint density at radius 1 is 1.11 bits per heavy atom. The van der Waals surface area contributed by atoms with Gasteiger partial charge >= 0.3 is 0 Å². The monoisotopic (exact) mass is 512 g/mol. The van der Waals surface area contributed by atoms with Crippen LogP contribution in [-0.4, -0.2) is 39.2 Å².